The Labute approximate surface area is 268 Å². The molecule has 0 bridgehead atoms. The Hall–Kier alpha value is -6.07. The Morgan fingerprint density at radius 2 is 1.48 bits per heavy atom. The molecule has 1 atom stereocenters. The fourth-order valence-electron chi connectivity index (χ4n) is 4.38. The fourth-order valence-corrected chi connectivity index (χ4v) is 5.47. The third kappa shape index (κ3) is 8.30. The number of rotatable bonds is 11. The van der Waals surface area contributed by atoms with E-state index in [1.165, 1.54) is 36.0 Å². The number of thioether (sulfide) groups is 1. The molecule has 0 saturated carbocycles. The summed E-state index contributed by atoms with van der Waals surface area (Å²) in [5.41, 5.74) is 1.18. The summed E-state index contributed by atoms with van der Waals surface area (Å²) >= 11 is 1.28. The van der Waals surface area contributed by atoms with Crippen LogP contribution in [0, 0.1) is 10.1 Å². The fraction of sp³-hybridized carbons (Fsp3) is 0.0286. The molecule has 0 spiro atoms. The van der Waals surface area contributed by atoms with Crippen molar-refractivity contribution in [2.75, 3.05) is 10.6 Å². The van der Waals surface area contributed by atoms with Crippen LogP contribution in [0.1, 0.15) is 26.7 Å². The van der Waals surface area contributed by atoms with Crippen LogP contribution in [0.4, 0.5) is 17.2 Å². The number of pyridine rings is 1. The highest BCUT2D eigenvalue weighted by molar-refractivity contribution is 8.00. The number of nitro benzene ring substituents is 1. The van der Waals surface area contributed by atoms with E-state index in [2.05, 4.69) is 20.9 Å². The van der Waals surface area contributed by atoms with E-state index in [0.717, 1.165) is 5.56 Å². The Balaban J connectivity index is 1.40. The molecule has 10 nitrogen and oxygen atoms in total. The van der Waals surface area contributed by atoms with E-state index in [0.29, 0.717) is 22.0 Å². The third-order valence-electron chi connectivity index (χ3n) is 6.56. The van der Waals surface area contributed by atoms with E-state index in [4.69, 9.17) is 0 Å². The summed E-state index contributed by atoms with van der Waals surface area (Å²) in [7, 11) is 0. The summed E-state index contributed by atoms with van der Waals surface area (Å²) in [6.07, 6.45) is 2.85. The van der Waals surface area contributed by atoms with Crippen molar-refractivity contribution in [2.45, 2.75) is 10.1 Å². The van der Waals surface area contributed by atoms with Gasteiger partial charge in [0.2, 0.25) is 5.91 Å². The summed E-state index contributed by atoms with van der Waals surface area (Å²) in [5, 5.41) is 19.2. The van der Waals surface area contributed by atoms with Crippen LogP contribution in [-0.4, -0.2) is 27.6 Å². The number of carbonyl (C=O) groups is 3. The number of amides is 3. The molecule has 0 radical (unpaired) electrons. The molecule has 3 amide bonds. The molecule has 1 heterocycles. The van der Waals surface area contributed by atoms with Crippen molar-refractivity contribution in [3.63, 3.8) is 0 Å². The Kier molecular flexibility index (Phi) is 10.3. The smallest absolute Gasteiger partial charge is 0.276 e. The van der Waals surface area contributed by atoms with Crippen molar-refractivity contribution in [2.24, 2.45) is 0 Å². The number of nitrogens with zero attached hydrogens (tertiary/aromatic N) is 2. The molecule has 46 heavy (non-hydrogen) atoms. The first-order chi connectivity index (χ1) is 22.4. The van der Waals surface area contributed by atoms with E-state index in [1.54, 1.807) is 79.0 Å². The number of hydrogen-bond acceptors (Lipinski definition) is 7. The van der Waals surface area contributed by atoms with Crippen molar-refractivity contribution < 1.29 is 19.3 Å². The first-order valence-electron chi connectivity index (χ1n) is 14.0. The zero-order valence-electron chi connectivity index (χ0n) is 24.2. The molecule has 5 aromatic rings. The highest BCUT2D eigenvalue weighted by Crippen LogP contribution is 2.37. The van der Waals surface area contributed by atoms with E-state index >= 15 is 0 Å². The SMILES string of the molecule is O=C(Nc1cccc(SC(C(=O)Nc2ccccn2)c2ccccc2)c1)/C(=C\c1ccccc1[N+](=O)[O-])NC(=O)c1ccccc1. The maximum Gasteiger partial charge on any atom is 0.276 e. The normalized spacial score (nSPS) is 11.6. The largest absolute Gasteiger partial charge is 0.321 e. The van der Waals surface area contributed by atoms with Crippen molar-refractivity contribution in [1.29, 1.82) is 0 Å². The van der Waals surface area contributed by atoms with Crippen LogP contribution in [-0.2, 0) is 9.59 Å². The number of nitrogens with one attached hydrogen (secondary N) is 3. The third-order valence-corrected chi connectivity index (χ3v) is 7.81. The maximum absolute atomic E-state index is 13.6. The van der Waals surface area contributed by atoms with Gasteiger partial charge in [0.25, 0.3) is 17.5 Å². The molecule has 1 aromatic heterocycles. The molecular weight excluding hydrogens is 602 g/mol. The average Bonchev–Trinajstić information content (AvgIpc) is 3.08. The van der Waals surface area contributed by atoms with E-state index in [-0.39, 0.29) is 22.9 Å². The molecule has 5 rings (SSSR count). The second-order valence-corrected chi connectivity index (χ2v) is 11.0. The first kappa shape index (κ1) is 31.4. The highest BCUT2D eigenvalue weighted by Gasteiger charge is 2.23. The number of benzene rings is 4. The second kappa shape index (κ2) is 15.1. The first-order valence-corrected chi connectivity index (χ1v) is 14.9. The van der Waals surface area contributed by atoms with Gasteiger partial charge in [-0.25, -0.2) is 4.98 Å². The zero-order chi connectivity index (χ0) is 32.3. The lowest BCUT2D eigenvalue weighted by molar-refractivity contribution is -0.385. The van der Waals surface area contributed by atoms with Crippen LogP contribution >= 0.6 is 11.8 Å². The Bertz CT molecular complexity index is 1890. The average molecular weight is 630 g/mol. The lowest BCUT2D eigenvalue weighted by Gasteiger charge is -2.17. The van der Waals surface area contributed by atoms with Gasteiger partial charge in [-0.1, -0.05) is 72.8 Å². The number of carbonyl (C=O) groups excluding carboxylic acids is 3. The topological polar surface area (TPSA) is 143 Å². The molecule has 0 saturated heterocycles. The molecule has 0 aliphatic carbocycles. The predicted molar refractivity (Wildman–Crippen MR) is 178 cm³/mol. The van der Waals surface area contributed by atoms with Crippen molar-refractivity contribution in [3.05, 3.63) is 166 Å². The minimum absolute atomic E-state index is 0.139. The summed E-state index contributed by atoms with van der Waals surface area (Å²) in [4.78, 5) is 56.0. The molecule has 228 valence electrons. The maximum atomic E-state index is 13.6. The summed E-state index contributed by atoms with van der Waals surface area (Å²) in [5.74, 6) is -1.11. The van der Waals surface area contributed by atoms with Crippen LogP contribution in [0.25, 0.3) is 6.08 Å². The zero-order valence-corrected chi connectivity index (χ0v) is 25.0. The molecule has 0 aliphatic rings. The Morgan fingerprint density at radius 1 is 0.783 bits per heavy atom. The summed E-state index contributed by atoms with van der Waals surface area (Å²) in [6.45, 7) is 0. The van der Waals surface area contributed by atoms with Crippen LogP contribution in [0.3, 0.4) is 0 Å². The molecule has 0 aliphatic heterocycles. The van der Waals surface area contributed by atoms with Gasteiger partial charge in [0.15, 0.2) is 0 Å². The molecule has 1 unspecified atom stereocenters. The van der Waals surface area contributed by atoms with Gasteiger partial charge in [0.05, 0.1) is 10.5 Å². The molecule has 0 fully saturated rings. The Morgan fingerprint density at radius 3 is 2.20 bits per heavy atom. The van der Waals surface area contributed by atoms with Gasteiger partial charge in [-0.3, -0.25) is 24.5 Å². The van der Waals surface area contributed by atoms with Crippen LogP contribution in [0.5, 0.6) is 0 Å². The van der Waals surface area contributed by atoms with Crippen molar-refractivity contribution >= 4 is 52.8 Å². The van der Waals surface area contributed by atoms with E-state index < -0.39 is 22.0 Å². The highest BCUT2D eigenvalue weighted by atomic mass is 32.2. The second-order valence-electron chi connectivity index (χ2n) is 9.79. The van der Waals surface area contributed by atoms with Gasteiger partial charge < -0.3 is 16.0 Å². The number of para-hydroxylation sites is 1. The summed E-state index contributed by atoms with van der Waals surface area (Å²) < 4.78 is 0. The summed E-state index contributed by atoms with van der Waals surface area (Å²) in [6, 6.07) is 35.6. The lowest BCUT2D eigenvalue weighted by Crippen LogP contribution is -2.30. The number of hydrogen-bond donors (Lipinski definition) is 3. The number of nitro groups is 1. The minimum atomic E-state index is -0.697. The quantitative estimate of drug-likeness (QED) is 0.0626. The van der Waals surface area contributed by atoms with Crippen LogP contribution < -0.4 is 16.0 Å². The molecule has 11 heteroatoms. The number of anilines is 2. The van der Waals surface area contributed by atoms with Crippen LogP contribution in [0.2, 0.25) is 0 Å². The lowest BCUT2D eigenvalue weighted by atomic mass is 10.1. The van der Waals surface area contributed by atoms with Gasteiger partial charge >= 0.3 is 0 Å². The molecular formula is C35H27N5O5S. The predicted octanol–water partition coefficient (Wildman–Crippen LogP) is 6.87. The molecule has 4 aromatic carbocycles. The minimum Gasteiger partial charge on any atom is -0.321 e. The van der Waals surface area contributed by atoms with E-state index in [9.17, 15) is 24.5 Å². The van der Waals surface area contributed by atoms with Crippen molar-refractivity contribution in [3.8, 4) is 0 Å². The van der Waals surface area contributed by atoms with Gasteiger partial charge in [0, 0.05) is 28.4 Å². The van der Waals surface area contributed by atoms with Crippen molar-refractivity contribution in [1.82, 2.24) is 10.3 Å². The van der Waals surface area contributed by atoms with Crippen LogP contribution in [0.15, 0.2) is 144 Å². The van der Waals surface area contributed by atoms with Gasteiger partial charge in [-0.05, 0) is 60.2 Å². The van der Waals surface area contributed by atoms with E-state index in [1.807, 2.05) is 36.4 Å². The van der Waals surface area contributed by atoms with Gasteiger partial charge in [-0.2, -0.15) is 0 Å². The van der Waals surface area contributed by atoms with Gasteiger partial charge in [-0.15, -0.1) is 11.8 Å². The standard InChI is InChI=1S/C35H27N5O5S/c41-33(25-14-5-2-6-15-25)38-29(22-26-16-7-8-19-30(26)40(44)45)34(42)37-27-17-11-18-28(23-27)46-32(24-12-3-1-4-13-24)35(43)39-31-20-9-10-21-36-31/h1-23,32H,(H,37,42)(H,38,41)(H,36,39,43)/b29-22+. The van der Waals surface area contributed by atoms with Gasteiger partial charge in [0.1, 0.15) is 16.8 Å². The monoisotopic (exact) mass is 629 g/mol. The molecule has 3 N–H and O–H groups in total. The number of aromatic nitrogens is 1.